The van der Waals surface area contributed by atoms with Gasteiger partial charge in [0.25, 0.3) is 0 Å². The van der Waals surface area contributed by atoms with Gasteiger partial charge in [0.05, 0.1) is 23.4 Å². The third kappa shape index (κ3) is 5.21. The Hall–Kier alpha value is -3.69. The Morgan fingerprint density at radius 2 is 2.03 bits per heavy atom. The van der Waals surface area contributed by atoms with Gasteiger partial charge in [-0.15, -0.1) is 0 Å². The maximum atomic E-state index is 14.0. The molecule has 2 heterocycles. The van der Waals surface area contributed by atoms with E-state index in [9.17, 15) is 9.18 Å². The van der Waals surface area contributed by atoms with Gasteiger partial charge in [0, 0.05) is 37.0 Å². The van der Waals surface area contributed by atoms with Crippen molar-refractivity contribution in [3.05, 3.63) is 83.0 Å². The molecule has 35 heavy (non-hydrogen) atoms. The van der Waals surface area contributed by atoms with Gasteiger partial charge in [-0.1, -0.05) is 48.5 Å². The predicted molar refractivity (Wildman–Crippen MR) is 136 cm³/mol. The van der Waals surface area contributed by atoms with E-state index in [1.165, 1.54) is 6.07 Å². The van der Waals surface area contributed by atoms with E-state index in [4.69, 9.17) is 27.7 Å². The number of benzene rings is 2. The van der Waals surface area contributed by atoms with Crippen molar-refractivity contribution in [2.45, 2.75) is 19.0 Å². The van der Waals surface area contributed by atoms with Crippen LogP contribution in [0, 0.1) is 11.2 Å². The molecule has 1 fully saturated rings. The Morgan fingerprint density at radius 3 is 2.74 bits per heavy atom. The van der Waals surface area contributed by atoms with Gasteiger partial charge in [-0.25, -0.2) is 9.37 Å². The number of amides is 1. The van der Waals surface area contributed by atoms with Crippen molar-refractivity contribution in [1.82, 2.24) is 19.8 Å². The van der Waals surface area contributed by atoms with Gasteiger partial charge in [0.1, 0.15) is 23.2 Å². The fourth-order valence-corrected chi connectivity index (χ4v) is 4.42. The SMILES string of the molecule is C=C(NCc1ccccc1F)Nc1c(C=N)nc(-c2ccccc2Cl)n1C1CCN(C(=O)CN)C1. The van der Waals surface area contributed by atoms with Gasteiger partial charge in [0.2, 0.25) is 5.91 Å². The molecular weight excluding hydrogens is 469 g/mol. The van der Waals surface area contributed by atoms with Crippen LogP contribution in [0.4, 0.5) is 10.2 Å². The van der Waals surface area contributed by atoms with Crippen LogP contribution >= 0.6 is 11.6 Å². The summed E-state index contributed by atoms with van der Waals surface area (Å²) in [6, 6.07) is 13.7. The summed E-state index contributed by atoms with van der Waals surface area (Å²) in [5.41, 5.74) is 7.17. The fourth-order valence-electron chi connectivity index (χ4n) is 4.20. The van der Waals surface area contributed by atoms with Crippen molar-refractivity contribution >= 4 is 29.5 Å². The molecule has 4 rings (SSSR count). The number of rotatable bonds is 9. The second kappa shape index (κ2) is 10.7. The molecule has 1 amide bonds. The molecule has 1 unspecified atom stereocenters. The van der Waals surface area contributed by atoms with Gasteiger partial charge in [0.15, 0.2) is 0 Å². The largest absolute Gasteiger partial charge is 0.368 e. The molecule has 10 heteroatoms. The maximum Gasteiger partial charge on any atom is 0.236 e. The Kier molecular flexibility index (Phi) is 7.48. The first-order chi connectivity index (χ1) is 16.9. The van der Waals surface area contributed by atoms with E-state index in [1.54, 1.807) is 29.2 Å². The van der Waals surface area contributed by atoms with E-state index in [0.29, 0.717) is 58.8 Å². The van der Waals surface area contributed by atoms with Gasteiger partial charge in [-0.3, -0.25) is 4.79 Å². The van der Waals surface area contributed by atoms with Crippen LogP contribution in [0.5, 0.6) is 0 Å². The van der Waals surface area contributed by atoms with Crippen LogP contribution in [-0.2, 0) is 11.3 Å². The maximum absolute atomic E-state index is 14.0. The predicted octanol–water partition coefficient (Wildman–Crippen LogP) is 3.75. The van der Waals surface area contributed by atoms with Crippen LogP contribution in [0.2, 0.25) is 5.02 Å². The number of hydrogen-bond acceptors (Lipinski definition) is 6. The first-order valence-electron chi connectivity index (χ1n) is 11.2. The van der Waals surface area contributed by atoms with Crippen molar-refractivity contribution in [2.24, 2.45) is 5.73 Å². The number of likely N-dealkylation sites (tertiary alicyclic amines) is 1. The van der Waals surface area contributed by atoms with Crippen LogP contribution in [0.3, 0.4) is 0 Å². The lowest BCUT2D eigenvalue weighted by Crippen LogP contribution is -2.34. The molecule has 0 bridgehead atoms. The molecule has 1 saturated heterocycles. The number of carbonyl (C=O) groups excluding carboxylic acids is 1. The fraction of sp³-hybridized carbons (Fsp3) is 0.240. The number of imidazole rings is 1. The first kappa shape index (κ1) is 24.4. The van der Waals surface area contributed by atoms with E-state index in [1.807, 2.05) is 22.8 Å². The zero-order valence-electron chi connectivity index (χ0n) is 19.1. The van der Waals surface area contributed by atoms with Crippen molar-refractivity contribution in [3.63, 3.8) is 0 Å². The average molecular weight is 496 g/mol. The molecule has 1 aliphatic rings. The second-order valence-electron chi connectivity index (χ2n) is 8.20. The Morgan fingerprint density at radius 1 is 1.29 bits per heavy atom. The molecule has 0 aliphatic carbocycles. The van der Waals surface area contributed by atoms with Crippen molar-refractivity contribution in [3.8, 4) is 11.4 Å². The normalized spacial score (nSPS) is 15.2. The molecule has 0 spiro atoms. The number of aromatic nitrogens is 2. The summed E-state index contributed by atoms with van der Waals surface area (Å²) in [5, 5.41) is 14.8. The first-order valence-corrected chi connectivity index (χ1v) is 11.6. The van der Waals surface area contributed by atoms with Crippen molar-refractivity contribution in [2.75, 3.05) is 25.0 Å². The standard InChI is InChI=1S/C25H27ClFN7O/c1-16(30-14-17-6-2-5-9-21(17)27)31-25-22(12-28)32-24(19-7-3-4-8-20(19)26)34(25)18-10-11-33(15-18)23(35)13-29/h2-9,12,18,28,30-31H,1,10-11,13-15,29H2. The summed E-state index contributed by atoms with van der Waals surface area (Å²) in [6.07, 6.45) is 1.84. The molecule has 5 N–H and O–H groups in total. The summed E-state index contributed by atoms with van der Waals surface area (Å²) in [7, 11) is 0. The minimum absolute atomic E-state index is 0.0539. The smallest absolute Gasteiger partial charge is 0.236 e. The molecule has 0 radical (unpaired) electrons. The highest BCUT2D eigenvalue weighted by atomic mass is 35.5. The molecule has 0 saturated carbocycles. The van der Waals surface area contributed by atoms with E-state index in [0.717, 1.165) is 6.21 Å². The Balaban J connectivity index is 1.68. The highest BCUT2D eigenvalue weighted by molar-refractivity contribution is 6.33. The minimum atomic E-state index is -0.311. The number of nitrogens with one attached hydrogen (secondary N) is 3. The number of hydrogen-bond donors (Lipinski definition) is 4. The number of nitrogens with two attached hydrogens (primary N) is 1. The average Bonchev–Trinajstić information content (AvgIpc) is 3.48. The lowest BCUT2D eigenvalue weighted by Gasteiger charge is -2.22. The highest BCUT2D eigenvalue weighted by Gasteiger charge is 2.32. The molecule has 1 aromatic heterocycles. The Bertz CT molecular complexity index is 1260. The van der Waals surface area contributed by atoms with E-state index < -0.39 is 0 Å². The van der Waals surface area contributed by atoms with Crippen molar-refractivity contribution in [1.29, 1.82) is 5.41 Å². The van der Waals surface area contributed by atoms with E-state index in [2.05, 4.69) is 17.2 Å². The van der Waals surface area contributed by atoms with Gasteiger partial charge in [-0.2, -0.15) is 0 Å². The van der Waals surface area contributed by atoms with E-state index >= 15 is 0 Å². The summed E-state index contributed by atoms with van der Waals surface area (Å²) in [5.74, 6) is 1.09. The van der Waals surface area contributed by atoms with Crippen molar-refractivity contribution < 1.29 is 9.18 Å². The quantitative estimate of drug-likeness (QED) is 0.338. The number of carbonyl (C=O) groups is 1. The van der Waals surface area contributed by atoms with Gasteiger partial charge < -0.3 is 31.2 Å². The molecule has 8 nitrogen and oxygen atoms in total. The topological polar surface area (TPSA) is 112 Å². The zero-order valence-corrected chi connectivity index (χ0v) is 19.9. The van der Waals surface area contributed by atoms with E-state index in [-0.39, 0.29) is 30.9 Å². The van der Waals surface area contributed by atoms with Crippen LogP contribution in [0.15, 0.2) is 60.9 Å². The van der Waals surface area contributed by atoms with Crippen LogP contribution in [0.25, 0.3) is 11.4 Å². The monoisotopic (exact) mass is 495 g/mol. The zero-order chi connectivity index (χ0) is 24.9. The lowest BCUT2D eigenvalue weighted by molar-refractivity contribution is -0.128. The summed E-state index contributed by atoms with van der Waals surface area (Å²) in [6.45, 7) is 5.21. The third-order valence-corrected chi connectivity index (χ3v) is 6.29. The minimum Gasteiger partial charge on any atom is -0.368 e. The number of anilines is 1. The second-order valence-corrected chi connectivity index (χ2v) is 8.61. The van der Waals surface area contributed by atoms with Crippen LogP contribution < -0.4 is 16.4 Å². The number of nitrogens with zero attached hydrogens (tertiary/aromatic N) is 3. The molecule has 3 aromatic rings. The summed E-state index contributed by atoms with van der Waals surface area (Å²) >= 11 is 6.50. The molecule has 1 aliphatic heterocycles. The molecule has 2 aromatic carbocycles. The van der Waals surface area contributed by atoms with Crippen LogP contribution in [-0.4, -0.2) is 46.2 Å². The molecule has 182 valence electrons. The lowest BCUT2D eigenvalue weighted by atomic mass is 10.2. The van der Waals surface area contributed by atoms with Crippen LogP contribution in [0.1, 0.15) is 23.7 Å². The van der Waals surface area contributed by atoms with Gasteiger partial charge in [-0.05, 0) is 24.6 Å². The Labute approximate surface area is 208 Å². The highest BCUT2D eigenvalue weighted by Crippen LogP contribution is 2.36. The number of halogens is 2. The summed E-state index contributed by atoms with van der Waals surface area (Å²) in [4.78, 5) is 18.6. The third-order valence-electron chi connectivity index (χ3n) is 5.96. The molecular formula is C25H27ClFN7O. The summed E-state index contributed by atoms with van der Waals surface area (Å²) < 4.78 is 16.0. The van der Waals surface area contributed by atoms with Gasteiger partial charge >= 0.3 is 0 Å². The molecule has 1 atom stereocenters.